The van der Waals surface area contributed by atoms with Crippen LogP contribution in [-0.2, 0) is 0 Å². The number of benzene rings is 1. The standard InChI is InChI=1S/C15H25NO/c1-2-3-4-5-9-12-16-15(13-17)14-10-7-6-8-11-14/h6-8,10-11,15-17H,2-5,9,12-13H2,1H3. The molecule has 0 amide bonds. The van der Waals surface area contributed by atoms with Crippen molar-refractivity contribution in [3.63, 3.8) is 0 Å². The van der Waals surface area contributed by atoms with E-state index in [4.69, 9.17) is 0 Å². The zero-order valence-electron chi connectivity index (χ0n) is 10.9. The van der Waals surface area contributed by atoms with Crippen molar-refractivity contribution >= 4 is 0 Å². The predicted molar refractivity (Wildman–Crippen MR) is 73.0 cm³/mol. The van der Waals surface area contributed by atoms with E-state index >= 15 is 0 Å². The highest BCUT2D eigenvalue weighted by Crippen LogP contribution is 2.11. The summed E-state index contributed by atoms with van der Waals surface area (Å²) in [5.74, 6) is 0. The fourth-order valence-electron chi connectivity index (χ4n) is 1.98. The van der Waals surface area contributed by atoms with Gasteiger partial charge >= 0.3 is 0 Å². The molecule has 0 saturated heterocycles. The van der Waals surface area contributed by atoms with Gasteiger partial charge in [0.15, 0.2) is 0 Å². The number of unbranched alkanes of at least 4 members (excludes halogenated alkanes) is 4. The summed E-state index contributed by atoms with van der Waals surface area (Å²) in [4.78, 5) is 0. The Morgan fingerprint density at radius 3 is 2.41 bits per heavy atom. The molecule has 1 rings (SSSR count). The summed E-state index contributed by atoms with van der Waals surface area (Å²) in [6.07, 6.45) is 6.43. The Hall–Kier alpha value is -0.860. The van der Waals surface area contributed by atoms with Crippen molar-refractivity contribution in [3.8, 4) is 0 Å². The Balaban J connectivity index is 2.20. The van der Waals surface area contributed by atoms with E-state index in [9.17, 15) is 5.11 Å². The van der Waals surface area contributed by atoms with Gasteiger partial charge in [-0.15, -0.1) is 0 Å². The van der Waals surface area contributed by atoms with Crippen molar-refractivity contribution < 1.29 is 5.11 Å². The zero-order valence-corrected chi connectivity index (χ0v) is 10.9. The van der Waals surface area contributed by atoms with Gasteiger partial charge in [-0.25, -0.2) is 0 Å². The largest absolute Gasteiger partial charge is 0.394 e. The van der Waals surface area contributed by atoms with Crippen LogP contribution in [0.1, 0.15) is 50.6 Å². The molecule has 1 unspecified atom stereocenters. The number of aliphatic hydroxyl groups is 1. The minimum Gasteiger partial charge on any atom is -0.394 e. The van der Waals surface area contributed by atoms with E-state index in [1.54, 1.807) is 0 Å². The molecule has 0 heterocycles. The Morgan fingerprint density at radius 2 is 1.76 bits per heavy atom. The molecule has 0 radical (unpaired) electrons. The van der Waals surface area contributed by atoms with Crippen LogP contribution in [0, 0.1) is 0 Å². The van der Waals surface area contributed by atoms with Crippen LogP contribution < -0.4 is 5.32 Å². The first-order valence-corrected chi connectivity index (χ1v) is 6.77. The number of rotatable bonds is 9. The summed E-state index contributed by atoms with van der Waals surface area (Å²) in [6.45, 7) is 3.39. The Kier molecular flexibility index (Phi) is 7.69. The molecule has 1 aromatic rings. The summed E-state index contributed by atoms with van der Waals surface area (Å²) >= 11 is 0. The highest BCUT2D eigenvalue weighted by molar-refractivity contribution is 5.18. The van der Waals surface area contributed by atoms with E-state index in [0.29, 0.717) is 0 Å². The lowest BCUT2D eigenvalue weighted by molar-refractivity contribution is 0.244. The third-order valence-electron chi connectivity index (χ3n) is 3.06. The fourth-order valence-corrected chi connectivity index (χ4v) is 1.98. The molecule has 0 aromatic heterocycles. The van der Waals surface area contributed by atoms with Crippen LogP contribution in [0.4, 0.5) is 0 Å². The fraction of sp³-hybridized carbons (Fsp3) is 0.600. The number of hydrogen-bond donors (Lipinski definition) is 2. The van der Waals surface area contributed by atoms with Gasteiger partial charge in [0.25, 0.3) is 0 Å². The van der Waals surface area contributed by atoms with Gasteiger partial charge in [-0.2, -0.15) is 0 Å². The maximum Gasteiger partial charge on any atom is 0.0626 e. The molecule has 0 aliphatic carbocycles. The van der Waals surface area contributed by atoms with Gasteiger partial charge in [0.2, 0.25) is 0 Å². The maximum atomic E-state index is 9.36. The summed E-state index contributed by atoms with van der Waals surface area (Å²) in [7, 11) is 0. The van der Waals surface area contributed by atoms with E-state index in [2.05, 4.69) is 24.4 Å². The van der Waals surface area contributed by atoms with Crippen LogP contribution in [-0.4, -0.2) is 18.3 Å². The molecule has 0 spiro atoms. The van der Waals surface area contributed by atoms with Crippen LogP contribution >= 0.6 is 0 Å². The molecular formula is C15H25NO. The average Bonchev–Trinajstić information content (AvgIpc) is 2.39. The van der Waals surface area contributed by atoms with Gasteiger partial charge in [-0.3, -0.25) is 0 Å². The number of aliphatic hydroxyl groups excluding tert-OH is 1. The van der Waals surface area contributed by atoms with Crippen LogP contribution in [0.2, 0.25) is 0 Å². The Labute approximate surface area is 105 Å². The topological polar surface area (TPSA) is 32.3 Å². The van der Waals surface area contributed by atoms with Crippen molar-refractivity contribution in [2.24, 2.45) is 0 Å². The second-order valence-electron chi connectivity index (χ2n) is 4.51. The third kappa shape index (κ3) is 5.85. The van der Waals surface area contributed by atoms with E-state index < -0.39 is 0 Å². The molecule has 0 saturated carbocycles. The van der Waals surface area contributed by atoms with Crippen LogP contribution in [0.15, 0.2) is 30.3 Å². The van der Waals surface area contributed by atoms with Crippen LogP contribution in [0.5, 0.6) is 0 Å². The smallest absolute Gasteiger partial charge is 0.0626 e. The summed E-state index contributed by atoms with van der Waals surface area (Å²) in [5.41, 5.74) is 1.17. The summed E-state index contributed by atoms with van der Waals surface area (Å²) in [5, 5.41) is 12.8. The average molecular weight is 235 g/mol. The molecule has 0 aliphatic rings. The molecule has 2 N–H and O–H groups in total. The lowest BCUT2D eigenvalue weighted by Crippen LogP contribution is -2.25. The van der Waals surface area contributed by atoms with Gasteiger partial charge in [0.05, 0.1) is 12.6 Å². The molecule has 2 nitrogen and oxygen atoms in total. The predicted octanol–water partition coefficient (Wildman–Crippen LogP) is 3.28. The molecule has 2 heteroatoms. The second-order valence-corrected chi connectivity index (χ2v) is 4.51. The van der Waals surface area contributed by atoms with Crippen molar-refractivity contribution in [1.82, 2.24) is 5.32 Å². The SMILES string of the molecule is CCCCCCCNC(CO)c1ccccc1. The first-order valence-electron chi connectivity index (χ1n) is 6.77. The lowest BCUT2D eigenvalue weighted by Gasteiger charge is -2.16. The minimum absolute atomic E-state index is 0.0855. The lowest BCUT2D eigenvalue weighted by atomic mass is 10.1. The second kappa shape index (κ2) is 9.20. The normalized spacial score (nSPS) is 12.6. The highest BCUT2D eigenvalue weighted by Gasteiger charge is 2.07. The first-order chi connectivity index (χ1) is 8.38. The van der Waals surface area contributed by atoms with Crippen molar-refractivity contribution in [1.29, 1.82) is 0 Å². The third-order valence-corrected chi connectivity index (χ3v) is 3.06. The maximum absolute atomic E-state index is 9.36. The van der Waals surface area contributed by atoms with Crippen LogP contribution in [0.3, 0.4) is 0 Å². The summed E-state index contributed by atoms with van der Waals surface area (Å²) < 4.78 is 0. The van der Waals surface area contributed by atoms with Gasteiger partial charge in [0.1, 0.15) is 0 Å². The Morgan fingerprint density at radius 1 is 1.06 bits per heavy atom. The van der Waals surface area contributed by atoms with Crippen molar-refractivity contribution in [2.75, 3.05) is 13.2 Å². The highest BCUT2D eigenvalue weighted by atomic mass is 16.3. The van der Waals surface area contributed by atoms with E-state index in [1.165, 1.54) is 37.7 Å². The van der Waals surface area contributed by atoms with E-state index in [1.807, 2.05) is 18.2 Å². The first kappa shape index (κ1) is 14.2. The van der Waals surface area contributed by atoms with E-state index in [-0.39, 0.29) is 12.6 Å². The van der Waals surface area contributed by atoms with Gasteiger partial charge in [-0.1, -0.05) is 62.9 Å². The molecule has 0 bridgehead atoms. The monoisotopic (exact) mass is 235 g/mol. The minimum atomic E-state index is 0.0855. The van der Waals surface area contributed by atoms with Crippen LogP contribution in [0.25, 0.3) is 0 Å². The molecule has 1 atom stereocenters. The molecule has 0 aliphatic heterocycles. The molecule has 0 fully saturated rings. The van der Waals surface area contributed by atoms with Crippen molar-refractivity contribution in [3.05, 3.63) is 35.9 Å². The molecule has 17 heavy (non-hydrogen) atoms. The molecular weight excluding hydrogens is 210 g/mol. The zero-order chi connectivity index (χ0) is 12.3. The van der Waals surface area contributed by atoms with E-state index in [0.717, 1.165) is 6.54 Å². The van der Waals surface area contributed by atoms with Gasteiger partial charge in [-0.05, 0) is 18.5 Å². The number of nitrogens with one attached hydrogen (secondary N) is 1. The molecule has 1 aromatic carbocycles. The van der Waals surface area contributed by atoms with Gasteiger partial charge in [0, 0.05) is 0 Å². The van der Waals surface area contributed by atoms with Gasteiger partial charge < -0.3 is 10.4 Å². The molecule has 96 valence electrons. The summed E-state index contributed by atoms with van der Waals surface area (Å²) in [6, 6.07) is 10.2. The Bertz CT molecular complexity index is 274. The van der Waals surface area contributed by atoms with Crippen molar-refractivity contribution in [2.45, 2.75) is 45.1 Å². The number of hydrogen-bond acceptors (Lipinski definition) is 2. The quantitative estimate of drug-likeness (QED) is 0.644.